The Bertz CT molecular complexity index is 652. The molecular weight excluding hydrogens is 295 g/mol. The maximum atomic E-state index is 12.2. The van der Waals surface area contributed by atoms with Crippen molar-refractivity contribution in [3.63, 3.8) is 0 Å². The third-order valence-electron chi connectivity index (χ3n) is 3.54. The van der Waals surface area contributed by atoms with Crippen LogP contribution in [0.1, 0.15) is 18.2 Å². The molecule has 1 aliphatic rings. The van der Waals surface area contributed by atoms with Crippen LogP contribution in [0.3, 0.4) is 0 Å². The molecule has 3 rings (SSSR count). The average Bonchev–Trinajstić information content (AvgIpc) is 2.74. The molecule has 1 aromatic heterocycles. The monoisotopic (exact) mass is 311 g/mol. The topological polar surface area (TPSA) is 46.2 Å². The van der Waals surface area contributed by atoms with E-state index in [1.807, 2.05) is 6.07 Å². The number of nitrogens with one attached hydrogen (secondary N) is 2. The van der Waals surface area contributed by atoms with Crippen LogP contribution >= 0.6 is 0 Å². The van der Waals surface area contributed by atoms with Gasteiger partial charge in [0.25, 0.3) is 0 Å². The number of hydrogen-bond donors (Lipinski definition) is 2. The minimum Gasteiger partial charge on any atom is -0.406 e. The Balaban J connectivity index is 1.85. The summed E-state index contributed by atoms with van der Waals surface area (Å²) in [4.78, 5) is 4.54. The molecule has 0 radical (unpaired) electrons. The largest absolute Gasteiger partial charge is 0.573 e. The SMILES string of the molecule is FC(F)(F)Oc1ccc2nc(C3CNCCCN3)ccc2c1. The van der Waals surface area contributed by atoms with Crippen LogP contribution in [0.5, 0.6) is 5.75 Å². The molecule has 1 aliphatic heterocycles. The van der Waals surface area contributed by atoms with Crippen molar-refractivity contribution in [1.29, 1.82) is 0 Å². The molecule has 118 valence electrons. The van der Waals surface area contributed by atoms with Gasteiger partial charge in [-0.15, -0.1) is 13.2 Å². The molecule has 1 saturated heterocycles. The van der Waals surface area contributed by atoms with Gasteiger partial charge in [0.05, 0.1) is 17.3 Å². The highest BCUT2D eigenvalue weighted by atomic mass is 19.4. The highest BCUT2D eigenvalue weighted by Crippen LogP contribution is 2.26. The van der Waals surface area contributed by atoms with Crippen LogP contribution in [0.4, 0.5) is 13.2 Å². The van der Waals surface area contributed by atoms with E-state index in [9.17, 15) is 13.2 Å². The zero-order chi connectivity index (χ0) is 15.6. The van der Waals surface area contributed by atoms with Gasteiger partial charge < -0.3 is 15.4 Å². The second-order valence-electron chi connectivity index (χ2n) is 5.20. The van der Waals surface area contributed by atoms with Crippen molar-refractivity contribution in [1.82, 2.24) is 15.6 Å². The number of benzene rings is 1. The number of ether oxygens (including phenoxy) is 1. The smallest absolute Gasteiger partial charge is 0.406 e. The summed E-state index contributed by atoms with van der Waals surface area (Å²) in [5.41, 5.74) is 1.53. The van der Waals surface area contributed by atoms with Gasteiger partial charge in [-0.2, -0.15) is 0 Å². The molecule has 1 atom stereocenters. The number of fused-ring (bicyclic) bond motifs is 1. The first kappa shape index (κ1) is 15.1. The molecule has 22 heavy (non-hydrogen) atoms. The molecule has 1 fully saturated rings. The Morgan fingerprint density at radius 1 is 1.14 bits per heavy atom. The van der Waals surface area contributed by atoms with Gasteiger partial charge in [-0.3, -0.25) is 4.98 Å². The summed E-state index contributed by atoms with van der Waals surface area (Å²) in [6, 6.07) is 7.89. The van der Waals surface area contributed by atoms with Crippen LogP contribution in [-0.2, 0) is 0 Å². The van der Waals surface area contributed by atoms with Crippen LogP contribution in [0.25, 0.3) is 10.9 Å². The lowest BCUT2D eigenvalue weighted by molar-refractivity contribution is -0.274. The van der Waals surface area contributed by atoms with Gasteiger partial charge in [-0.1, -0.05) is 6.07 Å². The number of alkyl halides is 3. The van der Waals surface area contributed by atoms with E-state index in [1.165, 1.54) is 12.1 Å². The number of pyridine rings is 1. The second-order valence-corrected chi connectivity index (χ2v) is 5.20. The third kappa shape index (κ3) is 3.66. The first-order valence-electron chi connectivity index (χ1n) is 7.12. The Morgan fingerprint density at radius 2 is 2.00 bits per heavy atom. The van der Waals surface area contributed by atoms with Crippen LogP contribution in [-0.4, -0.2) is 31.0 Å². The van der Waals surface area contributed by atoms with E-state index in [4.69, 9.17) is 0 Å². The van der Waals surface area contributed by atoms with Crippen LogP contribution in [0.15, 0.2) is 30.3 Å². The van der Waals surface area contributed by atoms with Gasteiger partial charge in [0.2, 0.25) is 0 Å². The van der Waals surface area contributed by atoms with Crippen molar-refractivity contribution in [3.8, 4) is 5.75 Å². The van der Waals surface area contributed by atoms with E-state index in [0.29, 0.717) is 10.9 Å². The van der Waals surface area contributed by atoms with Gasteiger partial charge in [-0.05, 0) is 43.8 Å². The van der Waals surface area contributed by atoms with E-state index in [1.54, 1.807) is 12.1 Å². The van der Waals surface area contributed by atoms with Gasteiger partial charge in [0.1, 0.15) is 5.75 Å². The van der Waals surface area contributed by atoms with Crippen molar-refractivity contribution in [2.45, 2.75) is 18.8 Å². The molecule has 0 saturated carbocycles. The van der Waals surface area contributed by atoms with Crippen molar-refractivity contribution < 1.29 is 17.9 Å². The number of hydrogen-bond acceptors (Lipinski definition) is 4. The van der Waals surface area contributed by atoms with E-state index in [2.05, 4.69) is 20.4 Å². The predicted molar refractivity (Wildman–Crippen MR) is 76.7 cm³/mol. The molecule has 4 nitrogen and oxygen atoms in total. The Morgan fingerprint density at radius 3 is 2.82 bits per heavy atom. The Hall–Kier alpha value is -1.86. The lowest BCUT2D eigenvalue weighted by Crippen LogP contribution is -2.28. The molecule has 2 heterocycles. The van der Waals surface area contributed by atoms with E-state index >= 15 is 0 Å². The van der Waals surface area contributed by atoms with Gasteiger partial charge in [0.15, 0.2) is 0 Å². The molecule has 1 unspecified atom stereocenters. The second kappa shape index (κ2) is 6.10. The Labute approximate surface area is 125 Å². The van der Waals surface area contributed by atoms with Crippen LogP contribution in [0, 0.1) is 0 Å². The summed E-state index contributed by atoms with van der Waals surface area (Å²) >= 11 is 0. The summed E-state index contributed by atoms with van der Waals surface area (Å²) in [7, 11) is 0. The quantitative estimate of drug-likeness (QED) is 0.895. The van der Waals surface area contributed by atoms with Gasteiger partial charge in [0, 0.05) is 11.9 Å². The third-order valence-corrected chi connectivity index (χ3v) is 3.54. The fourth-order valence-electron chi connectivity index (χ4n) is 2.53. The fourth-order valence-corrected chi connectivity index (χ4v) is 2.53. The molecule has 2 N–H and O–H groups in total. The lowest BCUT2D eigenvalue weighted by atomic mass is 10.1. The van der Waals surface area contributed by atoms with Gasteiger partial charge >= 0.3 is 6.36 Å². The first-order valence-corrected chi connectivity index (χ1v) is 7.12. The first-order chi connectivity index (χ1) is 10.5. The molecule has 0 spiro atoms. The molecular formula is C15H16F3N3O. The summed E-state index contributed by atoms with van der Waals surface area (Å²) in [5, 5.41) is 7.36. The van der Waals surface area contributed by atoms with Crippen LogP contribution < -0.4 is 15.4 Å². The van der Waals surface area contributed by atoms with Gasteiger partial charge in [-0.25, -0.2) is 0 Å². The fraction of sp³-hybridized carbons (Fsp3) is 0.400. The average molecular weight is 311 g/mol. The summed E-state index contributed by atoms with van der Waals surface area (Å²) in [5.74, 6) is -0.233. The molecule has 2 aromatic rings. The van der Waals surface area contributed by atoms with E-state index in [0.717, 1.165) is 31.7 Å². The molecule has 0 amide bonds. The standard InChI is InChI=1S/C15H16F3N3O/c16-15(17,18)22-11-3-5-12-10(8-11)2-4-13(21-12)14-9-19-6-1-7-20-14/h2-5,8,14,19-20H,1,6-7,9H2. The summed E-state index contributed by atoms with van der Waals surface area (Å²) < 4.78 is 40.6. The number of aromatic nitrogens is 1. The molecule has 1 aromatic carbocycles. The molecule has 0 aliphatic carbocycles. The zero-order valence-corrected chi connectivity index (χ0v) is 11.8. The highest BCUT2D eigenvalue weighted by Gasteiger charge is 2.31. The van der Waals surface area contributed by atoms with Crippen molar-refractivity contribution in [2.75, 3.05) is 19.6 Å². The maximum Gasteiger partial charge on any atom is 0.573 e. The summed E-state index contributed by atoms with van der Waals surface area (Å²) in [6.07, 6.45) is -3.63. The van der Waals surface area contributed by atoms with Crippen molar-refractivity contribution in [2.24, 2.45) is 0 Å². The normalized spacial score (nSPS) is 19.9. The van der Waals surface area contributed by atoms with Crippen molar-refractivity contribution in [3.05, 3.63) is 36.0 Å². The lowest BCUT2D eigenvalue weighted by Gasteiger charge is -2.16. The van der Waals surface area contributed by atoms with Crippen LogP contribution in [0.2, 0.25) is 0 Å². The zero-order valence-electron chi connectivity index (χ0n) is 11.8. The Kier molecular flexibility index (Phi) is 4.17. The maximum absolute atomic E-state index is 12.2. The summed E-state index contributed by atoms with van der Waals surface area (Å²) in [6.45, 7) is 2.67. The van der Waals surface area contributed by atoms with Crippen molar-refractivity contribution >= 4 is 10.9 Å². The minimum atomic E-state index is -4.68. The van der Waals surface area contributed by atoms with E-state index < -0.39 is 6.36 Å². The minimum absolute atomic E-state index is 0.109. The molecule has 7 heteroatoms. The molecule has 0 bridgehead atoms. The number of halogens is 3. The number of nitrogens with zero attached hydrogens (tertiary/aromatic N) is 1. The highest BCUT2D eigenvalue weighted by molar-refractivity contribution is 5.80. The van der Waals surface area contributed by atoms with E-state index in [-0.39, 0.29) is 11.8 Å². The predicted octanol–water partition coefficient (Wildman–Crippen LogP) is 2.76. The number of rotatable bonds is 2.